The molecule has 0 aromatic heterocycles. The summed E-state index contributed by atoms with van der Waals surface area (Å²) in [5, 5.41) is 32.9. The fourth-order valence-electron chi connectivity index (χ4n) is 4.54. The summed E-state index contributed by atoms with van der Waals surface area (Å²) in [5.74, 6) is -2.45. The number of amides is 1. The summed E-state index contributed by atoms with van der Waals surface area (Å²) < 4.78 is 5.36. The van der Waals surface area contributed by atoms with Crippen LogP contribution in [0.3, 0.4) is 0 Å². The standard InChI is InChI=1S/C25H27N3O7/c1-16-6-7-20(29)19(14-16)23(30)21-22(17-4-2-5-18(15-17)28(33)34)27(25(32)24(21)31)9-3-8-26-10-12-35-13-11-26/h2,4-7,14-15,22,29-30H,3,8-13H2,1H3. The van der Waals surface area contributed by atoms with Gasteiger partial charge in [0, 0.05) is 38.3 Å². The molecule has 10 heteroatoms. The quantitative estimate of drug-likeness (QED) is 0.203. The van der Waals surface area contributed by atoms with Crippen molar-refractivity contribution in [3.8, 4) is 5.75 Å². The van der Waals surface area contributed by atoms with Crippen LogP contribution in [0.15, 0.2) is 48.0 Å². The summed E-state index contributed by atoms with van der Waals surface area (Å²) in [4.78, 5) is 40.6. The van der Waals surface area contributed by atoms with Gasteiger partial charge in [0.05, 0.1) is 35.3 Å². The van der Waals surface area contributed by atoms with Gasteiger partial charge in [0.25, 0.3) is 17.4 Å². The van der Waals surface area contributed by atoms with E-state index < -0.39 is 28.4 Å². The molecule has 10 nitrogen and oxygen atoms in total. The molecule has 2 N–H and O–H groups in total. The second kappa shape index (κ2) is 10.2. The molecule has 1 unspecified atom stereocenters. The zero-order valence-electron chi connectivity index (χ0n) is 19.3. The Hall–Kier alpha value is -3.76. The summed E-state index contributed by atoms with van der Waals surface area (Å²) in [5.41, 5.74) is 0.684. The Morgan fingerprint density at radius 2 is 1.89 bits per heavy atom. The highest BCUT2D eigenvalue weighted by atomic mass is 16.6. The summed E-state index contributed by atoms with van der Waals surface area (Å²) in [6.45, 7) is 5.49. The second-order valence-corrected chi connectivity index (χ2v) is 8.67. The first-order valence-corrected chi connectivity index (χ1v) is 11.4. The molecule has 2 saturated heterocycles. The average Bonchev–Trinajstić information content (AvgIpc) is 3.11. The van der Waals surface area contributed by atoms with Gasteiger partial charge in [-0.3, -0.25) is 24.6 Å². The third kappa shape index (κ3) is 5.03. The topological polar surface area (TPSA) is 133 Å². The number of non-ortho nitro benzene ring substituents is 1. The van der Waals surface area contributed by atoms with E-state index in [4.69, 9.17) is 4.74 Å². The van der Waals surface area contributed by atoms with Gasteiger partial charge in [-0.25, -0.2) is 0 Å². The Morgan fingerprint density at radius 1 is 1.14 bits per heavy atom. The van der Waals surface area contributed by atoms with Crippen molar-refractivity contribution in [2.24, 2.45) is 0 Å². The number of aliphatic hydroxyl groups excluding tert-OH is 1. The lowest BCUT2D eigenvalue weighted by Gasteiger charge is -2.29. The molecule has 0 aliphatic carbocycles. The van der Waals surface area contributed by atoms with Gasteiger partial charge in [-0.1, -0.05) is 23.8 Å². The van der Waals surface area contributed by atoms with E-state index in [1.165, 1.54) is 35.2 Å². The number of Topliss-reactive ketones (excluding diaryl/α,β-unsaturated/α-hetero) is 1. The predicted molar refractivity (Wildman–Crippen MR) is 127 cm³/mol. The molecule has 2 fully saturated rings. The Kier molecular flexibility index (Phi) is 7.13. The third-order valence-electron chi connectivity index (χ3n) is 6.32. The van der Waals surface area contributed by atoms with Gasteiger partial charge in [0.2, 0.25) is 0 Å². The summed E-state index contributed by atoms with van der Waals surface area (Å²) in [6.07, 6.45) is 0.564. The lowest BCUT2D eigenvalue weighted by Crippen LogP contribution is -2.39. The highest BCUT2D eigenvalue weighted by molar-refractivity contribution is 6.46. The molecule has 0 radical (unpaired) electrons. The first-order valence-electron chi connectivity index (χ1n) is 11.4. The number of rotatable bonds is 7. The highest BCUT2D eigenvalue weighted by Crippen LogP contribution is 2.41. The summed E-state index contributed by atoms with van der Waals surface area (Å²) in [6, 6.07) is 9.21. The van der Waals surface area contributed by atoms with Crippen molar-refractivity contribution in [2.75, 3.05) is 39.4 Å². The van der Waals surface area contributed by atoms with Crippen LogP contribution < -0.4 is 0 Å². The van der Waals surface area contributed by atoms with Crippen LogP contribution in [0.2, 0.25) is 0 Å². The zero-order valence-corrected chi connectivity index (χ0v) is 19.3. The number of carbonyl (C=O) groups excluding carboxylic acids is 2. The SMILES string of the molecule is Cc1ccc(O)c(C(O)=C2C(=O)C(=O)N(CCCN3CCOCC3)C2c2cccc([N+](=O)[O-])c2)c1. The molecule has 2 heterocycles. The predicted octanol–water partition coefficient (Wildman–Crippen LogP) is 2.75. The van der Waals surface area contributed by atoms with E-state index in [1.807, 2.05) is 0 Å². The minimum atomic E-state index is -1.03. The van der Waals surface area contributed by atoms with Gasteiger partial charge in [-0.2, -0.15) is 0 Å². The molecule has 35 heavy (non-hydrogen) atoms. The van der Waals surface area contributed by atoms with Crippen molar-refractivity contribution in [3.63, 3.8) is 0 Å². The van der Waals surface area contributed by atoms with Crippen molar-refractivity contribution in [1.82, 2.24) is 9.80 Å². The van der Waals surface area contributed by atoms with Crippen molar-refractivity contribution < 1.29 is 29.5 Å². The van der Waals surface area contributed by atoms with E-state index in [0.29, 0.717) is 31.7 Å². The summed E-state index contributed by atoms with van der Waals surface area (Å²) >= 11 is 0. The molecule has 4 rings (SSSR count). The Balaban J connectivity index is 1.74. The molecule has 0 saturated carbocycles. The van der Waals surface area contributed by atoms with Crippen LogP contribution in [0.1, 0.15) is 29.2 Å². The van der Waals surface area contributed by atoms with E-state index in [9.17, 15) is 29.9 Å². The molecule has 2 aromatic rings. The number of aliphatic hydroxyl groups is 1. The number of carbonyl (C=O) groups is 2. The van der Waals surface area contributed by atoms with Crippen LogP contribution in [-0.4, -0.2) is 76.0 Å². The van der Waals surface area contributed by atoms with Crippen molar-refractivity contribution in [3.05, 3.63) is 74.8 Å². The van der Waals surface area contributed by atoms with Crippen LogP contribution in [0.25, 0.3) is 5.76 Å². The van der Waals surface area contributed by atoms with Crippen LogP contribution in [-0.2, 0) is 14.3 Å². The minimum Gasteiger partial charge on any atom is -0.507 e. The molecule has 2 aliphatic heterocycles. The number of ketones is 1. The van der Waals surface area contributed by atoms with E-state index >= 15 is 0 Å². The lowest BCUT2D eigenvalue weighted by molar-refractivity contribution is -0.384. The van der Waals surface area contributed by atoms with Gasteiger partial charge >= 0.3 is 0 Å². The Labute approximate surface area is 202 Å². The van der Waals surface area contributed by atoms with E-state index in [1.54, 1.807) is 19.1 Å². The van der Waals surface area contributed by atoms with Crippen LogP contribution >= 0.6 is 0 Å². The number of benzene rings is 2. The first kappa shape index (κ1) is 24.4. The molecule has 2 aromatic carbocycles. The fraction of sp³-hybridized carbons (Fsp3) is 0.360. The molecule has 2 aliphatic rings. The number of phenolic OH excluding ortho intramolecular Hbond substituents is 1. The minimum absolute atomic E-state index is 0.0201. The number of phenols is 1. The zero-order chi connectivity index (χ0) is 25.1. The molecular weight excluding hydrogens is 454 g/mol. The third-order valence-corrected chi connectivity index (χ3v) is 6.32. The maximum Gasteiger partial charge on any atom is 0.295 e. The number of hydrogen-bond acceptors (Lipinski definition) is 8. The van der Waals surface area contributed by atoms with Crippen LogP contribution in [0, 0.1) is 17.0 Å². The van der Waals surface area contributed by atoms with Crippen molar-refractivity contribution in [1.29, 1.82) is 0 Å². The molecular formula is C25H27N3O7. The number of hydrogen-bond donors (Lipinski definition) is 2. The first-order chi connectivity index (χ1) is 16.8. The van der Waals surface area contributed by atoms with Gasteiger partial charge in [-0.15, -0.1) is 0 Å². The monoisotopic (exact) mass is 481 g/mol. The van der Waals surface area contributed by atoms with Crippen LogP contribution in [0.4, 0.5) is 5.69 Å². The number of morpholine rings is 1. The molecule has 184 valence electrons. The van der Waals surface area contributed by atoms with Gasteiger partial charge in [0.1, 0.15) is 11.5 Å². The smallest absolute Gasteiger partial charge is 0.295 e. The van der Waals surface area contributed by atoms with Crippen molar-refractivity contribution >= 4 is 23.1 Å². The Morgan fingerprint density at radius 3 is 2.60 bits per heavy atom. The number of nitrogens with zero attached hydrogens (tertiary/aromatic N) is 3. The number of nitro benzene ring substituents is 1. The summed E-state index contributed by atoms with van der Waals surface area (Å²) in [7, 11) is 0. The van der Waals surface area contributed by atoms with E-state index in [0.717, 1.165) is 18.7 Å². The Bertz CT molecular complexity index is 1190. The number of likely N-dealkylation sites (tertiary alicyclic amines) is 1. The maximum atomic E-state index is 13.1. The number of aromatic hydroxyl groups is 1. The molecule has 0 spiro atoms. The number of ether oxygens (including phenoxy) is 1. The second-order valence-electron chi connectivity index (χ2n) is 8.67. The number of aryl methyl sites for hydroxylation is 1. The van der Waals surface area contributed by atoms with Crippen molar-refractivity contribution in [2.45, 2.75) is 19.4 Å². The maximum absolute atomic E-state index is 13.1. The molecule has 1 atom stereocenters. The van der Waals surface area contributed by atoms with Gasteiger partial charge < -0.3 is 19.8 Å². The number of nitro groups is 1. The van der Waals surface area contributed by atoms with E-state index in [-0.39, 0.29) is 29.1 Å². The highest BCUT2D eigenvalue weighted by Gasteiger charge is 2.46. The molecule has 1 amide bonds. The normalized spacial score (nSPS) is 20.4. The van der Waals surface area contributed by atoms with Gasteiger partial charge in [0.15, 0.2) is 0 Å². The molecule has 0 bridgehead atoms. The lowest BCUT2D eigenvalue weighted by atomic mass is 9.94. The van der Waals surface area contributed by atoms with Gasteiger partial charge in [-0.05, 0) is 31.0 Å². The van der Waals surface area contributed by atoms with E-state index in [2.05, 4.69) is 4.90 Å². The fourth-order valence-corrected chi connectivity index (χ4v) is 4.54. The van der Waals surface area contributed by atoms with Crippen LogP contribution in [0.5, 0.6) is 5.75 Å². The largest absolute Gasteiger partial charge is 0.507 e. The average molecular weight is 482 g/mol.